The molecule has 1 nitrogen and oxygen atoms in total. The standard InChI is InChI=1S/C13H15NS/c1-4-9-13(3,10-14)15-12-7-5-11(2)6-8-12/h4-8H,1,9H2,2-3H3. The zero-order valence-electron chi connectivity index (χ0n) is 9.16. The Bertz CT molecular complexity index is 375. The van der Waals surface area contributed by atoms with E-state index in [4.69, 9.17) is 5.26 Å². The molecule has 0 aliphatic rings. The Morgan fingerprint density at radius 3 is 2.53 bits per heavy atom. The molecule has 1 rings (SSSR count). The van der Waals surface area contributed by atoms with E-state index >= 15 is 0 Å². The summed E-state index contributed by atoms with van der Waals surface area (Å²) in [6.07, 6.45) is 2.49. The van der Waals surface area contributed by atoms with Crippen LogP contribution in [0.5, 0.6) is 0 Å². The van der Waals surface area contributed by atoms with Crippen molar-refractivity contribution in [2.24, 2.45) is 0 Å². The van der Waals surface area contributed by atoms with Crippen LogP contribution in [-0.2, 0) is 0 Å². The first-order valence-corrected chi connectivity index (χ1v) is 5.69. The Balaban J connectivity index is 2.80. The smallest absolute Gasteiger partial charge is 0.108 e. The molecule has 1 atom stereocenters. The van der Waals surface area contributed by atoms with Crippen molar-refractivity contribution in [1.82, 2.24) is 0 Å². The van der Waals surface area contributed by atoms with E-state index in [9.17, 15) is 0 Å². The maximum Gasteiger partial charge on any atom is 0.108 e. The van der Waals surface area contributed by atoms with Crippen molar-refractivity contribution in [2.75, 3.05) is 0 Å². The summed E-state index contributed by atoms with van der Waals surface area (Å²) < 4.78 is -0.406. The molecule has 2 heteroatoms. The van der Waals surface area contributed by atoms with Crippen molar-refractivity contribution in [1.29, 1.82) is 5.26 Å². The van der Waals surface area contributed by atoms with Gasteiger partial charge in [-0.3, -0.25) is 0 Å². The van der Waals surface area contributed by atoms with E-state index in [2.05, 4.69) is 43.8 Å². The normalized spacial score (nSPS) is 13.9. The van der Waals surface area contributed by atoms with E-state index in [0.29, 0.717) is 6.42 Å². The molecule has 0 aromatic heterocycles. The Hall–Kier alpha value is -1.20. The molecule has 0 radical (unpaired) electrons. The zero-order valence-corrected chi connectivity index (χ0v) is 9.97. The predicted octanol–water partition coefficient (Wildman–Crippen LogP) is 3.95. The number of hydrogen-bond donors (Lipinski definition) is 0. The Kier molecular flexibility index (Phi) is 3.99. The maximum absolute atomic E-state index is 9.11. The average molecular weight is 217 g/mol. The predicted molar refractivity (Wildman–Crippen MR) is 65.9 cm³/mol. The first-order chi connectivity index (χ1) is 7.09. The first-order valence-electron chi connectivity index (χ1n) is 4.87. The van der Waals surface area contributed by atoms with Crippen molar-refractivity contribution in [3.05, 3.63) is 42.5 Å². The third-order valence-electron chi connectivity index (χ3n) is 2.13. The summed E-state index contributed by atoms with van der Waals surface area (Å²) in [5, 5.41) is 9.11. The van der Waals surface area contributed by atoms with E-state index in [1.54, 1.807) is 17.8 Å². The Morgan fingerprint density at radius 2 is 2.07 bits per heavy atom. The average Bonchev–Trinajstić information content (AvgIpc) is 2.22. The third-order valence-corrected chi connectivity index (χ3v) is 3.35. The van der Waals surface area contributed by atoms with Crippen molar-refractivity contribution in [3.8, 4) is 6.07 Å². The van der Waals surface area contributed by atoms with Gasteiger partial charge in [0.25, 0.3) is 0 Å². The Morgan fingerprint density at radius 1 is 1.47 bits per heavy atom. The second-order valence-corrected chi connectivity index (χ2v) is 5.33. The summed E-state index contributed by atoms with van der Waals surface area (Å²) in [4.78, 5) is 1.13. The molecule has 0 heterocycles. The van der Waals surface area contributed by atoms with Crippen LogP contribution in [0.2, 0.25) is 0 Å². The summed E-state index contributed by atoms with van der Waals surface area (Å²) >= 11 is 1.59. The molecule has 0 amide bonds. The summed E-state index contributed by atoms with van der Waals surface area (Å²) in [6, 6.07) is 10.6. The van der Waals surface area contributed by atoms with Crippen LogP contribution in [0.15, 0.2) is 41.8 Å². The van der Waals surface area contributed by atoms with Gasteiger partial charge in [0, 0.05) is 4.90 Å². The summed E-state index contributed by atoms with van der Waals surface area (Å²) in [5.74, 6) is 0. The van der Waals surface area contributed by atoms with Gasteiger partial charge in [-0.25, -0.2) is 0 Å². The summed E-state index contributed by atoms with van der Waals surface area (Å²) in [5.41, 5.74) is 1.24. The van der Waals surface area contributed by atoms with E-state index in [-0.39, 0.29) is 0 Å². The molecule has 0 bridgehead atoms. The molecule has 1 aromatic rings. The van der Waals surface area contributed by atoms with Crippen molar-refractivity contribution < 1.29 is 0 Å². The highest BCUT2D eigenvalue weighted by Crippen LogP contribution is 2.35. The van der Waals surface area contributed by atoms with Gasteiger partial charge in [0.1, 0.15) is 4.75 Å². The minimum atomic E-state index is -0.406. The molecule has 0 saturated heterocycles. The number of hydrogen-bond acceptors (Lipinski definition) is 2. The quantitative estimate of drug-likeness (QED) is 0.563. The highest BCUT2D eigenvalue weighted by atomic mass is 32.2. The minimum absolute atomic E-state index is 0.406. The molecular formula is C13H15NS. The van der Waals surface area contributed by atoms with Crippen LogP contribution in [0.1, 0.15) is 18.9 Å². The lowest BCUT2D eigenvalue weighted by molar-refractivity contribution is 0.821. The molecule has 0 saturated carbocycles. The number of benzene rings is 1. The topological polar surface area (TPSA) is 23.8 Å². The second kappa shape index (κ2) is 5.04. The first kappa shape index (κ1) is 11.9. The van der Waals surface area contributed by atoms with Gasteiger partial charge in [0.15, 0.2) is 0 Å². The molecule has 0 aliphatic carbocycles. The SMILES string of the molecule is C=CCC(C)(C#N)Sc1ccc(C)cc1. The number of rotatable bonds is 4. The third kappa shape index (κ3) is 3.45. The van der Waals surface area contributed by atoms with Crippen LogP contribution >= 0.6 is 11.8 Å². The van der Waals surface area contributed by atoms with E-state index in [1.807, 2.05) is 6.92 Å². The highest BCUT2D eigenvalue weighted by Gasteiger charge is 2.23. The van der Waals surface area contributed by atoms with E-state index in [1.165, 1.54) is 5.56 Å². The zero-order chi connectivity index (χ0) is 11.3. The van der Waals surface area contributed by atoms with Gasteiger partial charge in [-0.05, 0) is 32.4 Å². The molecule has 0 N–H and O–H groups in total. The van der Waals surface area contributed by atoms with Gasteiger partial charge in [-0.15, -0.1) is 18.3 Å². The number of nitriles is 1. The van der Waals surface area contributed by atoms with E-state index in [0.717, 1.165) is 4.90 Å². The van der Waals surface area contributed by atoms with E-state index < -0.39 is 4.75 Å². The lowest BCUT2D eigenvalue weighted by Crippen LogP contribution is -2.15. The number of aryl methyl sites for hydroxylation is 1. The van der Waals surface area contributed by atoms with Gasteiger partial charge in [0.2, 0.25) is 0 Å². The molecule has 0 aliphatic heterocycles. The van der Waals surface area contributed by atoms with Crippen LogP contribution < -0.4 is 0 Å². The van der Waals surface area contributed by atoms with Crippen molar-refractivity contribution in [2.45, 2.75) is 29.9 Å². The fourth-order valence-electron chi connectivity index (χ4n) is 1.25. The van der Waals surface area contributed by atoms with Crippen molar-refractivity contribution >= 4 is 11.8 Å². The maximum atomic E-state index is 9.11. The van der Waals surface area contributed by atoms with Crippen LogP contribution in [-0.4, -0.2) is 4.75 Å². The van der Waals surface area contributed by atoms with Crippen LogP contribution in [0.3, 0.4) is 0 Å². The monoisotopic (exact) mass is 217 g/mol. The molecule has 1 unspecified atom stereocenters. The lowest BCUT2D eigenvalue weighted by Gasteiger charge is -2.18. The molecular weight excluding hydrogens is 202 g/mol. The fourth-order valence-corrected chi connectivity index (χ4v) is 2.29. The molecule has 15 heavy (non-hydrogen) atoms. The fraction of sp³-hybridized carbons (Fsp3) is 0.308. The minimum Gasteiger partial charge on any atom is -0.197 e. The van der Waals surface area contributed by atoms with Gasteiger partial charge in [-0.2, -0.15) is 5.26 Å². The summed E-state index contributed by atoms with van der Waals surface area (Å²) in [6.45, 7) is 7.69. The van der Waals surface area contributed by atoms with Crippen molar-refractivity contribution in [3.63, 3.8) is 0 Å². The molecule has 1 aromatic carbocycles. The van der Waals surface area contributed by atoms with Crippen LogP contribution in [0.25, 0.3) is 0 Å². The molecule has 0 fully saturated rings. The Labute approximate surface area is 95.8 Å². The molecule has 78 valence electrons. The highest BCUT2D eigenvalue weighted by molar-refractivity contribution is 8.01. The molecule has 0 spiro atoms. The number of nitrogens with zero attached hydrogens (tertiary/aromatic N) is 1. The lowest BCUT2D eigenvalue weighted by atomic mass is 10.1. The van der Waals surface area contributed by atoms with Crippen LogP contribution in [0.4, 0.5) is 0 Å². The van der Waals surface area contributed by atoms with Gasteiger partial charge >= 0.3 is 0 Å². The second-order valence-electron chi connectivity index (χ2n) is 3.75. The summed E-state index contributed by atoms with van der Waals surface area (Å²) in [7, 11) is 0. The van der Waals surface area contributed by atoms with Gasteiger partial charge in [-0.1, -0.05) is 23.8 Å². The van der Waals surface area contributed by atoms with Gasteiger partial charge < -0.3 is 0 Å². The van der Waals surface area contributed by atoms with Crippen LogP contribution in [0, 0.1) is 18.3 Å². The number of allylic oxidation sites excluding steroid dienone is 1. The van der Waals surface area contributed by atoms with Gasteiger partial charge in [0.05, 0.1) is 6.07 Å². The largest absolute Gasteiger partial charge is 0.197 e. The number of thioether (sulfide) groups is 1.